The molecule has 0 heterocycles. The predicted molar refractivity (Wildman–Crippen MR) is 73.5 cm³/mol. The molecule has 0 aromatic heterocycles. The van der Waals surface area contributed by atoms with Crippen LogP contribution < -0.4 is 15.8 Å². The Morgan fingerprint density at radius 1 is 1.24 bits per heavy atom. The van der Waals surface area contributed by atoms with Gasteiger partial charge in [0.15, 0.2) is 0 Å². The van der Waals surface area contributed by atoms with Crippen LogP contribution in [-0.4, -0.2) is 19.2 Å². The van der Waals surface area contributed by atoms with Crippen LogP contribution in [-0.2, 0) is 0 Å². The molecular weight excluding hydrogens is 212 g/mol. The van der Waals surface area contributed by atoms with Gasteiger partial charge in [0.05, 0.1) is 11.8 Å². The molecular formula is C14H24N2O. The topological polar surface area (TPSA) is 47.3 Å². The van der Waals surface area contributed by atoms with Crippen molar-refractivity contribution in [1.82, 2.24) is 0 Å². The lowest BCUT2D eigenvalue weighted by atomic mass is 10.1. The largest absolute Gasteiger partial charge is 0.489 e. The molecule has 0 radical (unpaired) electrons. The van der Waals surface area contributed by atoms with E-state index in [2.05, 4.69) is 12.2 Å². The summed E-state index contributed by atoms with van der Waals surface area (Å²) >= 11 is 0. The third kappa shape index (κ3) is 5.09. The Bertz CT molecular complexity index is 326. The van der Waals surface area contributed by atoms with E-state index in [1.54, 1.807) is 0 Å². The second kappa shape index (κ2) is 7.17. The molecule has 1 aromatic rings. The average molecular weight is 236 g/mol. The molecule has 1 aromatic carbocycles. The number of benzene rings is 1. The smallest absolute Gasteiger partial charge is 0.142 e. The maximum Gasteiger partial charge on any atom is 0.142 e. The van der Waals surface area contributed by atoms with Crippen molar-refractivity contribution in [1.29, 1.82) is 0 Å². The second-order valence-electron chi connectivity index (χ2n) is 4.73. The number of anilines is 1. The summed E-state index contributed by atoms with van der Waals surface area (Å²) in [6.07, 6.45) is 1.24. The van der Waals surface area contributed by atoms with Gasteiger partial charge in [-0.1, -0.05) is 19.1 Å². The zero-order valence-electron chi connectivity index (χ0n) is 11.1. The third-order valence-electron chi connectivity index (χ3n) is 2.55. The maximum atomic E-state index is 5.75. The van der Waals surface area contributed by atoms with Crippen molar-refractivity contribution in [2.24, 2.45) is 11.7 Å². The Hall–Kier alpha value is -1.22. The van der Waals surface area contributed by atoms with Crippen molar-refractivity contribution >= 4 is 5.69 Å². The van der Waals surface area contributed by atoms with E-state index in [1.165, 1.54) is 0 Å². The number of hydrogen-bond donors (Lipinski definition) is 2. The average Bonchev–Trinajstić information content (AvgIpc) is 2.27. The van der Waals surface area contributed by atoms with Crippen molar-refractivity contribution in [2.75, 3.05) is 18.4 Å². The summed E-state index contributed by atoms with van der Waals surface area (Å²) in [5.74, 6) is 1.49. The molecule has 0 saturated heterocycles. The van der Waals surface area contributed by atoms with Gasteiger partial charge in [-0.15, -0.1) is 0 Å². The summed E-state index contributed by atoms with van der Waals surface area (Å²) in [5, 5.41) is 3.42. The van der Waals surface area contributed by atoms with E-state index in [1.807, 2.05) is 38.1 Å². The van der Waals surface area contributed by atoms with Crippen LogP contribution in [0.15, 0.2) is 24.3 Å². The minimum Gasteiger partial charge on any atom is -0.489 e. The standard InChI is InChI=1S/C14H24N2O/c1-11(2)17-14-7-5-4-6-13(14)16-10-12(3)8-9-15/h4-7,11-12,16H,8-10,15H2,1-3H3. The molecule has 0 aliphatic heterocycles. The first-order chi connectivity index (χ1) is 8.13. The fourth-order valence-electron chi connectivity index (χ4n) is 1.64. The molecule has 0 amide bonds. The lowest BCUT2D eigenvalue weighted by Gasteiger charge is -2.17. The number of para-hydroxylation sites is 2. The van der Waals surface area contributed by atoms with Gasteiger partial charge in [-0.05, 0) is 44.9 Å². The van der Waals surface area contributed by atoms with Gasteiger partial charge in [-0.25, -0.2) is 0 Å². The molecule has 1 atom stereocenters. The van der Waals surface area contributed by atoms with E-state index >= 15 is 0 Å². The van der Waals surface area contributed by atoms with Gasteiger partial charge < -0.3 is 15.8 Å². The molecule has 96 valence electrons. The third-order valence-corrected chi connectivity index (χ3v) is 2.55. The van der Waals surface area contributed by atoms with Crippen molar-refractivity contribution in [3.05, 3.63) is 24.3 Å². The minimum absolute atomic E-state index is 0.194. The summed E-state index contributed by atoms with van der Waals surface area (Å²) in [4.78, 5) is 0. The highest BCUT2D eigenvalue weighted by molar-refractivity contribution is 5.56. The quantitative estimate of drug-likeness (QED) is 0.765. The number of nitrogens with two attached hydrogens (primary N) is 1. The predicted octanol–water partition coefficient (Wildman–Crippen LogP) is 2.87. The monoisotopic (exact) mass is 236 g/mol. The van der Waals surface area contributed by atoms with Crippen LogP contribution in [0.3, 0.4) is 0 Å². The van der Waals surface area contributed by atoms with Crippen molar-refractivity contribution in [3.8, 4) is 5.75 Å². The van der Waals surface area contributed by atoms with Crippen LogP contribution in [0.2, 0.25) is 0 Å². The van der Waals surface area contributed by atoms with Gasteiger partial charge >= 0.3 is 0 Å². The molecule has 3 nitrogen and oxygen atoms in total. The van der Waals surface area contributed by atoms with E-state index in [-0.39, 0.29) is 6.10 Å². The molecule has 1 rings (SSSR count). The van der Waals surface area contributed by atoms with E-state index in [9.17, 15) is 0 Å². The molecule has 0 aliphatic carbocycles. The summed E-state index contributed by atoms with van der Waals surface area (Å²) in [6.45, 7) is 7.94. The number of hydrogen-bond acceptors (Lipinski definition) is 3. The van der Waals surface area contributed by atoms with Gasteiger partial charge in [-0.2, -0.15) is 0 Å². The number of rotatable bonds is 7. The first kappa shape index (κ1) is 13.8. The summed E-state index contributed by atoms with van der Waals surface area (Å²) in [6, 6.07) is 8.05. The van der Waals surface area contributed by atoms with Crippen LogP contribution in [0.25, 0.3) is 0 Å². The molecule has 17 heavy (non-hydrogen) atoms. The van der Waals surface area contributed by atoms with E-state index in [0.29, 0.717) is 5.92 Å². The van der Waals surface area contributed by atoms with Gasteiger partial charge in [0.1, 0.15) is 5.75 Å². The second-order valence-corrected chi connectivity index (χ2v) is 4.73. The minimum atomic E-state index is 0.194. The Labute approximate surface area is 104 Å². The lowest BCUT2D eigenvalue weighted by Crippen LogP contribution is -2.16. The normalized spacial score (nSPS) is 12.5. The lowest BCUT2D eigenvalue weighted by molar-refractivity contribution is 0.243. The Kier molecular flexibility index (Phi) is 5.84. The molecule has 0 bridgehead atoms. The van der Waals surface area contributed by atoms with Crippen LogP contribution in [0.4, 0.5) is 5.69 Å². The van der Waals surface area contributed by atoms with Gasteiger partial charge in [0.25, 0.3) is 0 Å². The Morgan fingerprint density at radius 3 is 2.59 bits per heavy atom. The van der Waals surface area contributed by atoms with Crippen molar-refractivity contribution in [2.45, 2.75) is 33.3 Å². The van der Waals surface area contributed by atoms with Crippen LogP contribution in [0.1, 0.15) is 27.2 Å². The fourth-order valence-corrected chi connectivity index (χ4v) is 1.64. The zero-order valence-corrected chi connectivity index (χ0v) is 11.1. The van der Waals surface area contributed by atoms with Crippen LogP contribution in [0.5, 0.6) is 5.75 Å². The number of nitrogens with one attached hydrogen (secondary N) is 1. The van der Waals surface area contributed by atoms with Gasteiger partial charge in [0.2, 0.25) is 0 Å². The first-order valence-electron chi connectivity index (χ1n) is 6.33. The van der Waals surface area contributed by atoms with Crippen molar-refractivity contribution < 1.29 is 4.74 Å². The molecule has 0 aliphatic rings. The Balaban J connectivity index is 2.57. The molecule has 3 N–H and O–H groups in total. The zero-order chi connectivity index (χ0) is 12.7. The van der Waals surface area contributed by atoms with Gasteiger partial charge in [-0.3, -0.25) is 0 Å². The SMILES string of the molecule is CC(CCN)CNc1ccccc1OC(C)C. The van der Waals surface area contributed by atoms with E-state index in [4.69, 9.17) is 10.5 Å². The summed E-state index contributed by atoms with van der Waals surface area (Å²) in [5.41, 5.74) is 6.60. The summed E-state index contributed by atoms with van der Waals surface area (Å²) < 4.78 is 5.75. The molecule has 0 spiro atoms. The first-order valence-corrected chi connectivity index (χ1v) is 6.33. The highest BCUT2D eigenvalue weighted by Gasteiger charge is 2.06. The Morgan fingerprint density at radius 2 is 1.94 bits per heavy atom. The van der Waals surface area contributed by atoms with E-state index in [0.717, 1.165) is 30.9 Å². The van der Waals surface area contributed by atoms with Crippen molar-refractivity contribution in [3.63, 3.8) is 0 Å². The van der Waals surface area contributed by atoms with Crippen LogP contribution in [0, 0.1) is 5.92 Å². The number of ether oxygens (including phenoxy) is 1. The highest BCUT2D eigenvalue weighted by atomic mass is 16.5. The van der Waals surface area contributed by atoms with E-state index < -0.39 is 0 Å². The highest BCUT2D eigenvalue weighted by Crippen LogP contribution is 2.25. The maximum absolute atomic E-state index is 5.75. The molecule has 0 fully saturated rings. The fraction of sp³-hybridized carbons (Fsp3) is 0.571. The molecule has 1 unspecified atom stereocenters. The van der Waals surface area contributed by atoms with Gasteiger partial charge in [0, 0.05) is 6.54 Å². The van der Waals surface area contributed by atoms with Crippen LogP contribution >= 0.6 is 0 Å². The molecule has 3 heteroatoms. The summed E-state index contributed by atoms with van der Waals surface area (Å²) in [7, 11) is 0. The molecule has 0 saturated carbocycles.